The Hall–Kier alpha value is -2.90. The summed E-state index contributed by atoms with van der Waals surface area (Å²) in [6, 6.07) is 18.0. The number of carboxylic acids is 1. The van der Waals surface area contributed by atoms with Crippen molar-refractivity contribution in [3.05, 3.63) is 65.7 Å². The predicted octanol–water partition coefficient (Wildman–Crippen LogP) is 5.69. The SMILES string of the molecule is Cc1ccccc1OC(=O)NC1CCN(C)CC1.O=C(O)[C@@H](C1CCCCC1)N1CCC(c2ccccc2)C1. The summed E-state index contributed by atoms with van der Waals surface area (Å²) in [5.74, 6) is 0.862. The number of carboxylic acid groups (broad SMARTS) is 1. The average molecular weight is 536 g/mol. The molecule has 0 aromatic heterocycles. The first-order valence-corrected chi connectivity index (χ1v) is 14.6. The smallest absolute Gasteiger partial charge is 0.412 e. The van der Waals surface area contributed by atoms with Crippen LogP contribution in [0.25, 0.3) is 0 Å². The number of likely N-dealkylation sites (tertiary alicyclic amines) is 2. The number of carbonyl (C=O) groups excluding carboxylic acids is 1. The van der Waals surface area contributed by atoms with Gasteiger partial charge in [0.1, 0.15) is 11.8 Å². The summed E-state index contributed by atoms with van der Waals surface area (Å²) in [4.78, 5) is 28.1. The van der Waals surface area contributed by atoms with E-state index in [9.17, 15) is 14.7 Å². The summed E-state index contributed by atoms with van der Waals surface area (Å²) in [6.45, 7) is 5.80. The molecule has 2 atom stereocenters. The molecule has 2 aromatic rings. The fraction of sp³-hybridized carbons (Fsp3) is 0.562. The number of nitrogens with zero attached hydrogens (tertiary/aromatic N) is 2. The minimum atomic E-state index is -0.615. The van der Waals surface area contributed by atoms with Crippen LogP contribution < -0.4 is 10.1 Å². The summed E-state index contributed by atoms with van der Waals surface area (Å²) in [5, 5.41) is 12.6. The van der Waals surface area contributed by atoms with E-state index < -0.39 is 5.97 Å². The largest absolute Gasteiger partial charge is 0.480 e. The molecule has 0 spiro atoms. The number of nitrogens with one attached hydrogen (secondary N) is 1. The van der Waals surface area contributed by atoms with Crippen molar-refractivity contribution in [1.29, 1.82) is 0 Å². The van der Waals surface area contributed by atoms with E-state index in [1.54, 1.807) is 0 Å². The Morgan fingerprint density at radius 1 is 0.897 bits per heavy atom. The number of rotatable bonds is 6. The number of aliphatic carboxylic acids is 1. The molecule has 1 saturated carbocycles. The minimum absolute atomic E-state index is 0.234. The lowest BCUT2D eigenvalue weighted by atomic mass is 9.83. The van der Waals surface area contributed by atoms with E-state index in [1.165, 1.54) is 24.8 Å². The van der Waals surface area contributed by atoms with E-state index in [1.807, 2.05) is 37.3 Å². The monoisotopic (exact) mass is 535 g/mol. The van der Waals surface area contributed by atoms with Gasteiger partial charge in [0, 0.05) is 12.6 Å². The van der Waals surface area contributed by atoms with E-state index in [0.717, 1.165) is 63.8 Å². The van der Waals surface area contributed by atoms with Crippen molar-refractivity contribution in [2.75, 3.05) is 33.2 Å². The lowest BCUT2D eigenvalue weighted by molar-refractivity contribution is -0.145. The number of hydrogen-bond acceptors (Lipinski definition) is 5. The molecule has 39 heavy (non-hydrogen) atoms. The number of benzene rings is 2. The van der Waals surface area contributed by atoms with Gasteiger partial charge in [-0.1, -0.05) is 67.8 Å². The topological polar surface area (TPSA) is 82.1 Å². The number of hydrogen-bond donors (Lipinski definition) is 2. The van der Waals surface area contributed by atoms with Gasteiger partial charge in [-0.25, -0.2) is 4.79 Å². The summed E-state index contributed by atoms with van der Waals surface area (Å²) in [5.41, 5.74) is 2.32. The second kappa shape index (κ2) is 14.5. The molecule has 7 heteroatoms. The molecule has 1 aliphatic carbocycles. The van der Waals surface area contributed by atoms with Gasteiger partial charge in [0.05, 0.1) is 0 Å². The van der Waals surface area contributed by atoms with Crippen molar-refractivity contribution < 1.29 is 19.4 Å². The van der Waals surface area contributed by atoms with Crippen LogP contribution >= 0.6 is 0 Å². The van der Waals surface area contributed by atoms with E-state index in [2.05, 4.69) is 46.4 Å². The third-order valence-electron chi connectivity index (χ3n) is 8.57. The second-order valence-electron chi connectivity index (χ2n) is 11.4. The van der Waals surface area contributed by atoms with Crippen molar-refractivity contribution in [2.24, 2.45) is 5.92 Å². The molecule has 2 aliphatic heterocycles. The number of para-hydroxylation sites is 1. The van der Waals surface area contributed by atoms with Gasteiger partial charge in [-0.15, -0.1) is 0 Å². The zero-order valence-electron chi connectivity index (χ0n) is 23.6. The van der Waals surface area contributed by atoms with Crippen molar-refractivity contribution in [1.82, 2.24) is 15.1 Å². The van der Waals surface area contributed by atoms with Gasteiger partial charge in [0.2, 0.25) is 0 Å². The maximum atomic E-state index is 11.8. The average Bonchev–Trinajstić information content (AvgIpc) is 3.42. The normalized spacial score (nSPS) is 21.9. The van der Waals surface area contributed by atoms with Crippen LogP contribution in [0, 0.1) is 12.8 Å². The molecule has 5 rings (SSSR count). The van der Waals surface area contributed by atoms with Crippen LogP contribution in [-0.4, -0.2) is 72.3 Å². The van der Waals surface area contributed by atoms with Crippen LogP contribution in [0.1, 0.15) is 68.4 Å². The number of ether oxygens (including phenoxy) is 1. The van der Waals surface area contributed by atoms with Gasteiger partial charge < -0.3 is 20.1 Å². The van der Waals surface area contributed by atoms with Gasteiger partial charge in [-0.05, 0) is 94.7 Å². The van der Waals surface area contributed by atoms with E-state index in [0.29, 0.717) is 17.6 Å². The minimum Gasteiger partial charge on any atom is -0.480 e. The molecule has 7 nitrogen and oxygen atoms in total. The number of aryl methyl sites for hydroxylation is 1. The summed E-state index contributed by atoms with van der Waals surface area (Å²) < 4.78 is 5.31. The third-order valence-corrected chi connectivity index (χ3v) is 8.57. The highest BCUT2D eigenvalue weighted by Gasteiger charge is 2.38. The Balaban J connectivity index is 0.000000183. The van der Waals surface area contributed by atoms with E-state index in [-0.39, 0.29) is 18.2 Å². The number of amides is 1. The molecule has 2 saturated heterocycles. The van der Waals surface area contributed by atoms with Gasteiger partial charge in [-0.2, -0.15) is 0 Å². The molecule has 1 amide bonds. The Morgan fingerprint density at radius 2 is 1.56 bits per heavy atom. The fourth-order valence-electron chi connectivity index (χ4n) is 6.26. The maximum absolute atomic E-state index is 11.8. The fourth-order valence-corrected chi connectivity index (χ4v) is 6.26. The Morgan fingerprint density at radius 3 is 2.23 bits per heavy atom. The number of carbonyl (C=O) groups is 2. The van der Waals surface area contributed by atoms with Crippen molar-refractivity contribution >= 4 is 12.1 Å². The van der Waals surface area contributed by atoms with Crippen LogP contribution in [0.2, 0.25) is 0 Å². The van der Waals surface area contributed by atoms with Gasteiger partial charge in [0.25, 0.3) is 0 Å². The molecule has 3 fully saturated rings. The molecule has 2 heterocycles. The van der Waals surface area contributed by atoms with Gasteiger partial charge in [-0.3, -0.25) is 9.69 Å². The van der Waals surface area contributed by atoms with Crippen LogP contribution in [0.3, 0.4) is 0 Å². The van der Waals surface area contributed by atoms with Gasteiger partial charge in [0.15, 0.2) is 0 Å². The molecular weight excluding hydrogens is 490 g/mol. The highest BCUT2D eigenvalue weighted by molar-refractivity contribution is 5.74. The van der Waals surface area contributed by atoms with Crippen molar-refractivity contribution in [2.45, 2.75) is 76.3 Å². The summed E-state index contributed by atoms with van der Waals surface area (Å²) in [6.07, 6.45) is 8.55. The van der Waals surface area contributed by atoms with Crippen LogP contribution in [-0.2, 0) is 4.79 Å². The summed E-state index contributed by atoms with van der Waals surface area (Å²) in [7, 11) is 2.10. The molecule has 0 radical (unpaired) electrons. The van der Waals surface area contributed by atoms with Crippen LogP contribution in [0.15, 0.2) is 54.6 Å². The highest BCUT2D eigenvalue weighted by atomic mass is 16.6. The Labute approximate surface area is 233 Å². The zero-order chi connectivity index (χ0) is 27.6. The molecule has 1 unspecified atom stereocenters. The highest BCUT2D eigenvalue weighted by Crippen LogP contribution is 2.34. The number of piperidine rings is 1. The quantitative estimate of drug-likeness (QED) is 0.495. The zero-order valence-corrected chi connectivity index (χ0v) is 23.6. The lowest BCUT2D eigenvalue weighted by Crippen LogP contribution is -2.45. The predicted molar refractivity (Wildman–Crippen MR) is 154 cm³/mol. The van der Waals surface area contributed by atoms with E-state index in [4.69, 9.17) is 4.74 Å². The summed E-state index contributed by atoms with van der Waals surface area (Å²) >= 11 is 0. The molecule has 3 aliphatic rings. The van der Waals surface area contributed by atoms with Gasteiger partial charge >= 0.3 is 12.1 Å². The van der Waals surface area contributed by atoms with Crippen molar-refractivity contribution in [3.63, 3.8) is 0 Å². The van der Waals surface area contributed by atoms with Crippen molar-refractivity contribution in [3.8, 4) is 5.75 Å². The third kappa shape index (κ3) is 8.54. The maximum Gasteiger partial charge on any atom is 0.412 e. The molecule has 212 valence electrons. The molecular formula is C32H45N3O4. The molecule has 0 bridgehead atoms. The lowest BCUT2D eigenvalue weighted by Gasteiger charge is -2.33. The first kappa shape index (κ1) is 29.1. The molecule has 2 aromatic carbocycles. The Kier molecular flexibility index (Phi) is 10.8. The standard InChI is InChI=1S/C18H25NO2.C14H20N2O2/c20-18(21)17(15-9-5-2-6-10-15)19-12-11-16(13-19)14-7-3-1-4-8-14;1-11-5-3-4-6-13(11)18-14(17)15-12-7-9-16(2)10-8-12/h1,3-4,7-8,15-17H,2,5-6,9-13H2,(H,20,21);3-6,12H,7-10H2,1-2H3,(H,15,17)/t16?,17-;/m1./s1. The second-order valence-corrected chi connectivity index (χ2v) is 11.4. The molecule has 2 N–H and O–H groups in total. The van der Waals surface area contributed by atoms with Crippen LogP contribution in [0.5, 0.6) is 5.75 Å². The first-order chi connectivity index (χ1) is 18.9. The Bertz CT molecular complexity index is 1050. The van der Waals surface area contributed by atoms with Crippen LogP contribution in [0.4, 0.5) is 4.79 Å². The van der Waals surface area contributed by atoms with E-state index >= 15 is 0 Å². The first-order valence-electron chi connectivity index (χ1n) is 14.6.